The lowest BCUT2D eigenvalue weighted by atomic mass is 9.93. The van der Waals surface area contributed by atoms with Crippen molar-refractivity contribution in [2.45, 2.75) is 45.7 Å². The maximum Gasteiger partial charge on any atom is 0.323 e. The molecule has 0 fully saturated rings. The van der Waals surface area contributed by atoms with Gasteiger partial charge in [-0.15, -0.1) is 10.2 Å². The van der Waals surface area contributed by atoms with E-state index in [2.05, 4.69) is 15.5 Å². The molecule has 0 aromatic carbocycles. The van der Waals surface area contributed by atoms with Crippen molar-refractivity contribution in [1.29, 1.82) is 0 Å². The van der Waals surface area contributed by atoms with Crippen molar-refractivity contribution in [3.8, 4) is 0 Å². The topological polar surface area (TPSA) is 88.3 Å². The summed E-state index contributed by atoms with van der Waals surface area (Å²) in [6.45, 7) is 5.64. The SMILES string of the molecule is CCC(CC)(NCc1nnc(C)o1)C(=O)O. The van der Waals surface area contributed by atoms with Gasteiger partial charge >= 0.3 is 5.97 Å². The average molecular weight is 227 g/mol. The van der Waals surface area contributed by atoms with Gasteiger partial charge in [0, 0.05) is 6.92 Å². The summed E-state index contributed by atoms with van der Waals surface area (Å²) in [6.07, 6.45) is 1.01. The maximum absolute atomic E-state index is 11.2. The van der Waals surface area contributed by atoms with Crippen LogP contribution in [0.3, 0.4) is 0 Å². The molecule has 0 aliphatic carbocycles. The molecule has 0 spiro atoms. The van der Waals surface area contributed by atoms with Gasteiger partial charge in [-0.25, -0.2) is 0 Å². The van der Waals surface area contributed by atoms with Crippen molar-refractivity contribution >= 4 is 5.97 Å². The van der Waals surface area contributed by atoms with Crippen molar-refractivity contribution in [2.75, 3.05) is 0 Å². The number of nitrogens with one attached hydrogen (secondary N) is 1. The lowest BCUT2D eigenvalue weighted by Crippen LogP contribution is -2.50. The van der Waals surface area contributed by atoms with E-state index in [9.17, 15) is 9.90 Å². The summed E-state index contributed by atoms with van der Waals surface area (Å²) in [5.74, 6) is 0.0319. The molecule has 6 nitrogen and oxygen atoms in total. The smallest absolute Gasteiger partial charge is 0.323 e. The first-order valence-electron chi connectivity index (χ1n) is 5.31. The van der Waals surface area contributed by atoms with Gasteiger partial charge < -0.3 is 9.52 Å². The molecule has 1 rings (SSSR count). The first kappa shape index (κ1) is 12.6. The Morgan fingerprint density at radius 3 is 2.44 bits per heavy atom. The van der Waals surface area contributed by atoms with Crippen LogP contribution in [0.4, 0.5) is 0 Å². The molecule has 16 heavy (non-hydrogen) atoms. The van der Waals surface area contributed by atoms with Crippen LogP contribution in [0.1, 0.15) is 38.5 Å². The van der Waals surface area contributed by atoms with E-state index in [1.807, 2.05) is 13.8 Å². The molecule has 0 bridgehead atoms. The third-order valence-electron chi connectivity index (χ3n) is 2.76. The van der Waals surface area contributed by atoms with Gasteiger partial charge in [0.05, 0.1) is 6.54 Å². The van der Waals surface area contributed by atoms with E-state index in [-0.39, 0.29) is 6.54 Å². The van der Waals surface area contributed by atoms with Gasteiger partial charge in [0.15, 0.2) is 0 Å². The van der Waals surface area contributed by atoms with E-state index in [0.717, 1.165) is 0 Å². The van der Waals surface area contributed by atoms with Crippen LogP contribution in [-0.4, -0.2) is 26.8 Å². The molecule has 90 valence electrons. The molecule has 0 radical (unpaired) electrons. The number of hydrogen-bond acceptors (Lipinski definition) is 5. The van der Waals surface area contributed by atoms with Crippen LogP contribution in [0.15, 0.2) is 4.42 Å². The van der Waals surface area contributed by atoms with E-state index in [1.165, 1.54) is 0 Å². The second-order valence-electron chi connectivity index (χ2n) is 3.66. The largest absolute Gasteiger partial charge is 0.480 e. The number of aliphatic carboxylic acids is 1. The van der Waals surface area contributed by atoms with E-state index in [0.29, 0.717) is 24.6 Å². The van der Waals surface area contributed by atoms with Crippen LogP contribution in [0, 0.1) is 6.92 Å². The summed E-state index contributed by atoms with van der Waals surface area (Å²) >= 11 is 0. The first-order chi connectivity index (χ1) is 7.54. The number of carboxylic acids is 1. The average Bonchev–Trinajstić information content (AvgIpc) is 2.66. The van der Waals surface area contributed by atoms with E-state index in [1.54, 1.807) is 6.92 Å². The highest BCUT2D eigenvalue weighted by Gasteiger charge is 2.34. The molecule has 1 aromatic heterocycles. The lowest BCUT2D eigenvalue weighted by molar-refractivity contribution is -0.145. The number of carboxylic acid groups (broad SMARTS) is 1. The van der Waals surface area contributed by atoms with Crippen molar-refractivity contribution in [3.05, 3.63) is 11.8 Å². The summed E-state index contributed by atoms with van der Waals surface area (Å²) in [5, 5.41) is 19.6. The zero-order valence-electron chi connectivity index (χ0n) is 9.78. The third kappa shape index (κ3) is 2.57. The molecule has 0 unspecified atom stereocenters. The van der Waals surface area contributed by atoms with Crippen LogP contribution in [0.5, 0.6) is 0 Å². The Balaban J connectivity index is 2.67. The Kier molecular flexibility index (Phi) is 4.00. The highest BCUT2D eigenvalue weighted by Crippen LogP contribution is 2.16. The Morgan fingerprint density at radius 2 is 2.06 bits per heavy atom. The highest BCUT2D eigenvalue weighted by molar-refractivity contribution is 5.78. The molecule has 1 aromatic rings. The molecule has 0 aliphatic heterocycles. The van der Waals surface area contributed by atoms with Crippen LogP contribution >= 0.6 is 0 Å². The normalized spacial score (nSPS) is 11.7. The predicted octanol–water partition coefficient (Wildman–Crippen LogP) is 1.11. The van der Waals surface area contributed by atoms with E-state index in [4.69, 9.17) is 4.42 Å². The molecule has 2 N–H and O–H groups in total. The molecule has 0 atom stereocenters. The predicted molar refractivity (Wildman–Crippen MR) is 56.8 cm³/mol. The molecule has 6 heteroatoms. The van der Waals surface area contributed by atoms with Gasteiger partial charge in [0.25, 0.3) is 0 Å². The fraction of sp³-hybridized carbons (Fsp3) is 0.700. The van der Waals surface area contributed by atoms with Gasteiger partial charge in [0.1, 0.15) is 5.54 Å². The fourth-order valence-corrected chi connectivity index (χ4v) is 1.53. The first-order valence-corrected chi connectivity index (χ1v) is 5.31. The van der Waals surface area contributed by atoms with Gasteiger partial charge in [-0.1, -0.05) is 13.8 Å². The Morgan fingerprint density at radius 1 is 1.44 bits per heavy atom. The van der Waals surface area contributed by atoms with Gasteiger partial charge in [-0.3, -0.25) is 10.1 Å². The zero-order valence-corrected chi connectivity index (χ0v) is 9.78. The molecule has 0 saturated heterocycles. The van der Waals surface area contributed by atoms with Crippen molar-refractivity contribution < 1.29 is 14.3 Å². The second-order valence-corrected chi connectivity index (χ2v) is 3.66. The monoisotopic (exact) mass is 227 g/mol. The highest BCUT2D eigenvalue weighted by atomic mass is 16.4. The van der Waals surface area contributed by atoms with Gasteiger partial charge in [-0.2, -0.15) is 0 Å². The fourth-order valence-electron chi connectivity index (χ4n) is 1.53. The van der Waals surface area contributed by atoms with E-state index < -0.39 is 11.5 Å². The Hall–Kier alpha value is -1.43. The molecule has 0 saturated carbocycles. The van der Waals surface area contributed by atoms with Crippen molar-refractivity contribution in [3.63, 3.8) is 0 Å². The van der Waals surface area contributed by atoms with Crippen molar-refractivity contribution in [1.82, 2.24) is 15.5 Å². The summed E-state index contributed by atoms with van der Waals surface area (Å²) < 4.78 is 5.17. The minimum Gasteiger partial charge on any atom is -0.480 e. The number of hydrogen-bond donors (Lipinski definition) is 2. The third-order valence-corrected chi connectivity index (χ3v) is 2.76. The summed E-state index contributed by atoms with van der Waals surface area (Å²) in [4.78, 5) is 11.2. The number of aryl methyl sites for hydroxylation is 1. The van der Waals surface area contributed by atoms with Crippen LogP contribution < -0.4 is 5.32 Å². The minimum absolute atomic E-state index is 0.273. The van der Waals surface area contributed by atoms with Gasteiger partial charge in [0.2, 0.25) is 11.8 Å². The van der Waals surface area contributed by atoms with Crippen LogP contribution in [0.2, 0.25) is 0 Å². The summed E-state index contributed by atoms with van der Waals surface area (Å²) in [5.41, 5.74) is -0.914. The van der Waals surface area contributed by atoms with Crippen LogP contribution in [0.25, 0.3) is 0 Å². The summed E-state index contributed by atoms with van der Waals surface area (Å²) in [7, 11) is 0. The number of rotatable bonds is 6. The Labute approximate surface area is 94.1 Å². The molecule has 0 aliphatic rings. The van der Waals surface area contributed by atoms with Crippen LogP contribution in [-0.2, 0) is 11.3 Å². The molecular weight excluding hydrogens is 210 g/mol. The Bertz CT molecular complexity index is 358. The van der Waals surface area contributed by atoms with Gasteiger partial charge in [-0.05, 0) is 12.8 Å². The number of nitrogens with zero attached hydrogens (tertiary/aromatic N) is 2. The quantitative estimate of drug-likeness (QED) is 0.756. The number of aromatic nitrogens is 2. The van der Waals surface area contributed by atoms with Crippen molar-refractivity contribution in [2.24, 2.45) is 0 Å². The number of carbonyl (C=O) groups is 1. The maximum atomic E-state index is 11.2. The molecule has 0 amide bonds. The summed E-state index contributed by atoms with van der Waals surface area (Å²) in [6, 6.07) is 0. The minimum atomic E-state index is -0.914. The second kappa shape index (κ2) is 5.07. The van der Waals surface area contributed by atoms with E-state index >= 15 is 0 Å². The zero-order chi connectivity index (χ0) is 12.2. The lowest BCUT2D eigenvalue weighted by Gasteiger charge is -2.27. The standard InChI is InChI=1S/C10H17N3O3/c1-4-10(5-2,9(14)15)11-6-8-13-12-7(3)16-8/h11H,4-6H2,1-3H3,(H,14,15). The molecule has 1 heterocycles. The molecular formula is C10H17N3O3.